The van der Waals surface area contributed by atoms with Crippen molar-refractivity contribution in [2.45, 2.75) is 18.4 Å². The van der Waals surface area contributed by atoms with E-state index in [1.807, 2.05) is 11.4 Å². The Morgan fingerprint density at radius 2 is 2.19 bits per heavy atom. The maximum Gasteiger partial charge on any atom is 0.254 e. The molecule has 1 aliphatic heterocycles. The van der Waals surface area contributed by atoms with Crippen molar-refractivity contribution in [1.82, 2.24) is 20.1 Å². The number of thiophene rings is 1. The number of piperidine rings is 1. The first kappa shape index (κ1) is 17.2. The van der Waals surface area contributed by atoms with E-state index in [-0.39, 0.29) is 5.91 Å². The first-order valence-electron chi connectivity index (χ1n) is 8.27. The van der Waals surface area contributed by atoms with Crippen LogP contribution in [-0.4, -0.2) is 44.2 Å². The second-order valence-corrected chi connectivity index (χ2v) is 7.66. The fourth-order valence-electron chi connectivity index (χ4n) is 3.21. The molecule has 0 spiro atoms. The highest BCUT2D eigenvalue weighted by atomic mass is 35.5. The molecule has 4 rings (SSSR count). The summed E-state index contributed by atoms with van der Waals surface area (Å²) in [4.78, 5) is 19.8. The molecule has 2 N–H and O–H groups in total. The zero-order chi connectivity index (χ0) is 18.1. The molecule has 134 valence electrons. The van der Waals surface area contributed by atoms with Crippen LogP contribution >= 0.6 is 22.9 Å². The lowest BCUT2D eigenvalue weighted by Gasteiger charge is -2.38. The monoisotopic (exact) mass is 388 g/mol. The molecule has 0 aliphatic carbocycles. The average Bonchev–Trinajstić information content (AvgIpc) is 3.33. The molecular weight excluding hydrogens is 372 g/mol. The fourth-order valence-corrected chi connectivity index (χ4v) is 4.38. The van der Waals surface area contributed by atoms with Crippen molar-refractivity contribution in [2.24, 2.45) is 0 Å². The van der Waals surface area contributed by atoms with Crippen LogP contribution in [0.25, 0.3) is 10.4 Å². The third-order valence-corrected chi connectivity index (χ3v) is 5.99. The summed E-state index contributed by atoms with van der Waals surface area (Å²) in [5.74, 6) is -0.0230. The first-order valence-corrected chi connectivity index (χ1v) is 9.53. The summed E-state index contributed by atoms with van der Waals surface area (Å²) in [5, 5.41) is 20.0. The number of halogens is 1. The van der Waals surface area contributed by atoms with Crippen LogP contribution in [-0.2, 0) is 5.60 Å². The van der Waals surface area contributed by atoms with E-state index in [0.717, 1.165) is 10.4 Å². The van der Waals surface area contributed by atoms with Gasteiger partial charge in [-0.15, -0.1) is 11.3 Å². The van der Waals surface area contributed by atoms with Crippen molar-refractivity contribution in [3.05, 3.63) is 58.4 Å². The summed E-state index contributed by atoms with van der Waals surface area (Å²) in [6, 6.07) is 5.35. The van der Waals surface area contributed by atoms with Gasteiger partial charge in [0.25, 0.3) is 5.91 Å². The molecule has 6 nitrogen and oxygen atoms in total. The van der Waals surface area contributed by atoms with Crippen LogP contribution in [0.5, 0.6) is 0 Å². The van der Waals surface area contributed by atoms with Crippen LogP contribution in [0.1, 0.15) is 28.9 Å². The van der Waals surface area contributed by atoms with E-state index < -0.39 is 5.60 Å². The lowest BCUT2D eigenvalue weighted by Crippen LogP contribution is -2.45. The van der Waals surface area contributed by atoms with Crippen molar-refractivity contribution < 1.29 is 9.90 Å². The Kier molecular flexibility index (Phi) is 4.52. The molecule has 1 saturated heterocycles. The lowest BCUT2D eigenvalue weighted by atomic mass is 9.87. The summed E-state index contributed by atoms with van der Waals surface area (Å²) < 4.78 is 0. The van der Waals surface area contributed by atoms with Crippen molar-refractivity contribution in [1.29, 1.82) is 0 Å². The van der Waals surface area contributed by atoms with Gasteiger partial charge < -0.3 is 10.0 Å². The molecule has 3 aromatic rings. The summed E-state index contributed by atoms with van der Waals surface area (Å²) in [7, 11) is 0. The lowest BCUT2D eigenvalue weighted by molar-refractivity contribution is -0.0243. The van der Waals surface area contributed by atoms with Crippen LogP contribution in [0.4, 0.5) is 0 Å². The van der Waals surface area contributed by atoms with Gasteiger partial charge in [-0.3, -0.25) is 14.9 Å². The standard InChI is InChI=1S/C18H17ClN4O2S/c19-14-2-1-5-20-16(14)18(25)3-6-23(7-4-18)17(24)12-8-15(26-11-12)13-9-21-22-10-13/h1-2,5,8-11,25H,3-4,6-7H2,(H,21,22). The average molecular weight is 389 g/mol. The van der Waals surface area contributed by atoms with Crippen LogP contribution in [0.2, 0.25) is 5.02 Å². The maximum absolute atomic E-state index is 12.8. The summed E-state index contributed by atoms with van der Waals surface area (Å²) >= 11 is 7.70. The van der Waals surface area contributed by atoms with Crippen molar-refractivity contribution in [3.8, 4) is 10.4 Å². The summed E-state index contributed by atoms with van der Waals surface area (Å²) in [6.07, 6.45) is 5.98. The predicted octanol–water partition coefficient (Wildman–Crippen LogP) is 3.31. The van der Waals surface area contributed by atoms with E-state index in [4.69, 9.17) is 11.6 Å². The Morgan fingerprint density at radius 3 is 2.88 bits per heavy atom. The quantitative estimate of drug-likeness (QED) is 0.721. The highest BCUT2D eigenvalue weighted by Gasteiger charge is 2.38. The first-order chi connectivity index (χ1) is 12.6. The molecule has 8 heteroatoms. The number of nitrogens with zero attached hydrogens (tertiary/aromatic N) is 3. The molecule has 0 bridgehead atoms. The number of pyridine rings is 1. The van der Waals surface area contributed by atoms with Gasteiger partial charge in [-0.2, -0.15) is 5.10 Å². The molecule has 0 saturated carbocycles. The van der Waals surface area contributed by atoms with Crippen LogP contribution in [0, 0.1) is 0 Å². The van der Waals surface area contributed by atoms with Gasteiger partial charge in [0.15, 0.2) is 0 Å². The highest BCUT2D eigenvalue weighted by Crippen LogP contribution is 2.36. The molecule has 1 fully saturated rings. The van der Waals surface area contributed by atoms with E-state index in [0.29, 0.717) is 42.2 Å². The number of aromatic nitrogens is 3. The number of aliphatic hydroxyl groups is 1. The Bertz CT molecular complexity index is 917. The molecule has 0 aromatic carbocycles. The Labute approximate surface area is 159 Å². The van der Waals surface area contributed by atoms with Gasteiger partial charge in [0.2, 0.25) is 0 Å². The highest BCUT2D eigenvalue weighted by molar-refractivity contribution is 7.13. The second kappa shape index (κ2) is 6.83. The molecule has 1 amide bonds. The van der Waals surface area contributed by atoms with Crippen LogP contribution in [0.15, 0.2) is 42.2 Å². The maximum atomic E-state index is 12.8. The van der Waals surface area contributed by atoms with E-state index in [2.05, 4.69) is 15.2 Å². The number of hydrogen-bond donors (Lipinski definition) is 2. The molecular formula is C18H17ClN4O2S. The molecule has 3 aromatic heterocycles. The Balaban J connectivity index is 1.46. The zero-order valence-corrected chi connectivity index (χ0v) is 15.4. The third kappa shape index (κ3) is 3.13. The number of aromatic amines is 1. The van der Waals surface area contributed by atoms with Gasteiger partial charge in [0.05, 0.1) is 22.5 Å². The van der Waals surface area contributed by atoms with Gasteiger partial charge >= 0.3 is 0 Å². The number of rotatable bonds is 3. The number of likely N-dealkylation sites (tertiary alicyclic amines) is 1. The van der Waals surface area contributed by atoms with E-state index >= 15 is 0 Å². The smallest absolute Gasteiger partial charge is 0.254 e. The van der Waals surface area contributed by atoms with Gasteiger partial charge in [-0.1, -0.05) is 11.6 Å². The number of carbonyl (C=O) groups is 1. The molecule has 0 atom stereocenters. The van der Waals surface area contributed by atoms with Gasteiger partial charge in [-0.05, 0) is 31.0 Å². The summed E-state index contributed by atoms with van der Waals surface area (Å²) in [5.41, 5.74) is 1.03. The van der Waals surface area contributed by atoms with Gasteiger partial charge in [-0.25, -0.2) is 0 Å². The van der Waals surface area contributed by atoms with Gasteiger partial charge in [0.1, 0.15) is 5.60 Å². The molecule has 4 heterocycles. The minimum atomic E-state index is -1.09. The topological polar surface area (TPSA) is 82.1 Å². The summed E-state index contributed by atoms with van der Waals surface area (Å²) in [6.45, 7) is 0.915. The SMILES string of the molecule is O=C(c1csc(-c2cn[nH]c2)c1)N1CCC(O)(c2ncccc2Cl)CC1. The molecule has 0 radical (unpaired) electrons. The number of H-pyrrole nitrogens is 1. The normalized spacial score (nSPS) is 16.6. The van der Waals surface area contributed by atoms with E-state index in [1.165, 1.54) is 11.3 Å². The predicted molar refractivity (Wildman–Crippen MR) is 100 cm³/mol. The van der Waals surface area contributed by atoms with Crippen molar-refractivity contribution in [2.75, 3.05) is 13.1 Å². The number of carbonyl (C=O) groups excluding carboxylic acids is 1. The van der Waals surface area contributed by atoms with Crippen LogP contribution in [0.3, 0.4) is 0 Å². The second-order valence-electron chi connectivity index (χ2n) is 6.34. The van der Waals surface area contributed by atoms with E-state index in [9.17, 15) is 9.90 Å². The van der Waals surface area contributed by atoms with Crippen molar-refractivity contribution in [3.63, 3.8) is 0 Å². The molecule has 0 unspecified atom stereocenters. The largest absolute Gasteiger partial charge is 0.383 e. The number of hydrogen-bond acceptors (Lipinski definition) is 5. The number of amides is 1. The van der Waals surface area contributed by atoms with Crippen LogP contribution < -0.4 is 0 Å². The molecule has 26 heavy (non-hydrogen) atoms. The Morgan fingerprint density at radius 1 is 1.38 bits per heavy atom. The van der Waals surface area contributed by atoms with Crippen molar-refractivity contribution >= 4 is 28.8 Å². The zero-order valence-electron chi connectivity index (χ0n) is 13.9. The fraction of sp³-hybridized carbons (Fsp3) is 0.278. The molecule has 1 aliphatic rings. The minimum absolute atomic E-state index is 0.0230. The number of nitrogens with one attached hydrogen (secondary N) is 1. The third-order valence-electron chi connectivity index (χ3n) is 4.71. The van der Waals surface area contributed by atoms with E-state index in [1.54, 1.807) is 35.6 Å². The van der Waals surface area contributed by atoms with Gasteiger partial charge in [0, 0.05) is 41.3 Å². The Hall–Kier alpha value is -2.22. The minimum Gasteiger partial charge on any atom is -0.383 e.